The third kappa shape index (κ3) is 1.76. The number of amides is 1. The number of likely N-dealkylation sites (tertiary alicyclic amines) is 1. The molecule has 0 unspecified atom stereocenters. The van der Waals surface area contributed by atoms with E-state index < -0.39 is 11.1 Å². The second-order valence-electron chi connectivity index (χ2n) is 7.77. The molecule has 2 heterocycles. The highest BCUT2D eigenvalue weighted by atomic mass is 16.5. The van der Waals surface area contributed by atoms with Crippen molar-refractivity contribution < 1.29 is 9.53 Å². The second-order valence-corrected chi connectivity index (χ2v) is 7.77. The van der Waals surface area contributed by atoms with Gasteiger partial charge in [0.05, 0.1) is 12.5 Å². The number of carbonyl (C=O) groups is 1. The van der Waals surface area contributed by atoms with Crippen LogP contribution in [0.5, 0.6) is 5.75 Å². The van der Waals surface area contributed by atoms with Crippen molar-refractivity contribution in [3.63, 3.8) is 0 Å². The molecule has 2 fully saturated rings. The van der Waals surface area contributed by atoms with E-state index in [1.165, 1.54) is 19.3 Å². The van der Waals surface area contributed by atoms with Crippen LogP contribution in [0.2, 0.25) is 0 Å². The highest BCUT2D eigenvalue weighted by Gasteiger charge is 2.67. The number of rotatable bonds is 2. The Hall–Kier alpha value is -1.75. The molecule has 0 aromatic heterocycles. The molecule has 5 nitrogen and oxygen atoms in total. The topological polar surface area (TPSA) is 58.8 Å². The standard InChI is InChI=1S/C19H27N3O2/c1-18-12-22(13-7-5-4-6-8-13)17(23)19(18,20)21(2)16-10-9-14(24-3)11-15(16)18/h9-11,13H,4-8,12,20H2,1-3H3/t18-,19+/m0/s1. The Morgan fingerprint density at radius 2 is 1.96 bits per heavy atom. The minimum absolute atomic E-state index is 0.0783. The Kier molecular flexibility index (Phi) is 3.36. The number of carbonyl (C=O) groups excluding carboxylic acids is 1. The fourth-order valence-corrected chi connectivity index (χ4v) is 5.05. The van der Waals surface area contributed by atoms with Gasteiger partial charge in [0.1, 0.15) is 5.75 Å². The summed E-state index contributed by atoms with van der Waals surface area (Å²) >= 11 is 0. The number of nitrogens with zero attached hydrogens (tertiary/aromatic N) is 2. The molecule has 1 aliphatic carbocycles. The second kappa shape index (κ2) is 5.12. The third-order valence-electron chi connectivity index (χ3n) is 6.62. The molecule has 130 valence electrons. The summed E-state index contributed by atoms with van der Waals surface area (Å²) < 4.78 is 5.41. The molecule has 1 aromatic rings. The van der Waals surface area contributed by atoms with Crippen LogP contribution < -0.4 is 15.4 Å². The molecule has 5 heteroatoms. The lowest BCUT2D eigenvalue weighted by atomic mass is 9.76. The largest absolute Gasteiger partial charge is 0.497 e. The summed E-state index contributed by atoms with van der Waals surface area (Å²) in [5.74, 6) is 0.894. The number of likely N-dealkylation sites (N-methyl/N-ethyl adjacent to an activating group) is 1. The van der Waals surface area contributed by atoms with Gasteiger partial charge in [-0.1, -0.05) is 19.3 Å². The van der Waals surface area contributed by atoms with E-state index in [4.69, 9.17) is 10.5 Å². The van der Waals surface area contributed by atoms with E-state index in [0.29, 0.717) is 12.6 Å². The van der Waals surface area contributed by atoms with Crippen LogP contribution in [-0.4, -0.2) is 43.2 Å². The molecule has 2 atom stereocenters. The van der Waals surface area contributed by atoms with Gasteiger partial charge in [-0.15, -0.1) is 0 Å². The van der Waals surface area contributed by atoms with Gasteiger partial charge in [0.2, 0.25) is 0 Å². The number of hydrogen-bond acceptors (Lipinski definition) is 4. The molecule has 1 amide bonds. The van der Waals surface area contributed by atoms with Crippen LogP contribution in [0.15, 0.2) is 18.2 Å². The molecule has 1 saturated carbocycles. The van der Waals surface area contributed by atoms with E-state index >= 15 is 0 Å². The van der Waals surface area contributed by atoms with Gasteiger partial charge < -0.3 is 14.5 Å². The zero-order valence-electron chi connectivity index (χ0n) is 14.8. The summed E-state index contributed by atoms with van der Waals surface area (Å²) in [6, 6.07) is 6.35. The van der Waals surface area contributed by atoms with E-state index in [9.17, 15) is 4.79 Å². The first-order valence-corrected chi connectivity index (χ1v) is 8.96. The Bertz CT molecular complexity index is 685. The van der Waals surface area contributed by atoms with E-state index in [-0.39, 0.29) is 5.91 Å². The predicted octanol–water partition coefficient (Wildman–Crippen LogP) is 2.23. The molecule has 24 heavy (non-hydrogen) atoms. The van der Waals surface area contributed by atoms with Gasteiger partial charge in [0.15, 0.2) is 5.66 Å². The average molecular weight is 329 g/mol. The van der Waals surface area contributed by atoms with Crippen molar-refractivity contribution in [3.05, 3.63) is 23.8 Å². The van der Waals surface area contributed by atoms with Crippen molar-refractivity contribution in [1.29, 1.82) is 0 Å². The van der Waals surface area contributed by atoms with Crippen LogP contribution in [-0.2, 0) is 10.2 Å². The van der Waals surface area contributed by atoms with E-state index in [1.807, 2.05) is 24.1 Å². The number of benzene rings is 1. The molecular formula is C19H27N3O2. The van der Waals surface area contributed by atoms with Crippen LogP contribution in [0.25, 0.3) is 0 Å². The summed E-state index contributed by atoms with van der Waals surface area (Å²) in [6.07, 6.45) is 5.91. The van der Waals surface area contributed by atoms with E-state index in [0.717, 1.165) is 29.8 Å². The predicted molar refractivity (Wildman–Crippen MR) is 94.3 cm³/mol. The van der Waals surface area contributed by atoms with Gasteiger partial charge >= 0.3 is 0 Å². The maximum absolute atomic E-state index is 13.4. The van der Waals surface area contributed by atoms with Crippen LogP contribution in [0.1, 0.15) is 44.6 Å². The fourth-order valence-electron chi connectivity index (χ4n) is 5.05. The van der Waals surface area contributed by atoms with E-state index in [2.05, 4.69) is 17.9 Å². The molecule has 0 radical (unpaired) electrons. The highest BCUT2D eigenvalue weighted by Crippen LogP contribution is 2.54. The molecular weight excluding hydrogens is 302 g/mol. The molecule has 1 saturated heterocycles. The van der Waals surface area contributed by atoms with Crippen LogP contribution >= 0.6 is 0 Å². The molecule has 0 bridgehead atoms. The summed E-state index contributed by atoms with van der Waals surface area (Å²) in [5.41, 5.74) is 7.56. The fraction of sp³-hybridized carbons (Fsp3) is 0.632. The first-order chi connectivity index (χ1) is 11.4. The highest BCUT2D eigenvalue weighted by molar-refractivity contribution is 5.98. The van der Waals surface area contributed by atoms with Crippen molar-refractivity contribution in [1.82, 2.24) is 4.90 Å². The lowest BCUT2D eigenvalue weighted by Crippen LogP contribution is -2.65. The monoisotopic (exact) mass is 329 g/mol. The van der Waals surface area contributed by atoms with Gasteiger partial charge in [-0.3, -0.25) is 10.5 Å². The van der Waals surface area contributed by atoms with Gasteiger partial charge in [-0.2, -0.15) is 0 Å². The van der Waals surface area contributed by atoms with Gasteiger partial charge in [0, 0.05) is 25.3 Å². The SMILES string of the molecule is COc1ccc2c(c1)[C@]1(C)CN(C3CCCCC3)C(=O)[C@@]1(N)N2C. The number of hydrogen-bond donors (Lipinski definition) is 1. The molecule has 3 aliphatic rings. The molecule has 1 aromatic carbocycles. The van der Waals surface area contributed by atoms with Crippen LogP contribution in [0.4, 0.5) is 5.69 Å². The number of fused-ring (bicyclic) bond motifs is 3. The van der Waals surface area contributed by atoms with Gasteiger partial charge in [-0.25, -0.2) is 0 Å². The maximum atomic E-state index is 13.4. The quantitative estimate of drug-likeness (QED) is 0.904. The number of anilines is 1. The summed E-state index contributed by atoms with van der Waals surface area (Å²) in [7, 11) is 3.62. The Labute approximate surface area is 143 Å². The van der Waals surface area contributed by atoms with Crippen LogP contribution in [0, 0.1) is 0 Å². The maximum Gasteiger partial charge on any atom is 0.264 e. The van der Waals surface area contributed by atoms with Crippen molar-refractivity contribution in [2.24, 2.45) is 5.73 Å². The van der Waals surface area contributed by atoms with Crippen molar-refractivity contribution >= 4 is 11.6 Å². The van der Waals surface area contributed by atoms with Crippen molar-refractivity contribution in [3.8, 4) is 5.75 Å². The first-order valence-electron chi connectivity index (χ1n) is 8.96. The minimum Gasteiger partial charge on any atom is -0.497 e. The van der Waals surface area contributed by atoms with E-state index in [1.54, 1.807) is 7.11 Å². The first kappa shape index (κ1) is 15.8. The lowest BCUT2D eigenvalue weighted by Gasteiger charge is -2.37. The molecule has 4 rings (SSSR count). The van der Waals surface area contributed by atoms with Crippen molar-refractivity contribution in [2.45, 2.75) is 56.1 Å². The lowest BCUT2D eigenvalue weighted by molar-refractivity contribution is -0.134. The Morgan fingerprint density at radius 1 is 1.25 bits per heavy atom. The summed E-state index contributed by atoms with van der Waals surface area (Å²) in [5, 5.41) is 0. The zero-order chi connectivity index (χ0) is 17.1. The normalized spacial score (nSPS) is 32.9. The zero-order valence-corrected chi connectivity index (χ0v) is 14.8. The van der Waals surface area contributed by atoms with Gasteiger partial charge in [0.25, 0.3) is 5.91 Å². The van der Waals surface area contributed by atoms with Crippen LogP contribution in [0.3, 0.4) is 0 Å². The summed E-state index contributed by atoms with van der Waals surface area (Å²) in [4.78, 5) is 17.4. The molecule has 2 aliphatic heterocycles. The Morgan fingerprint density at radius 3 is 2.62 bits per heavy atom. The minimum atomic E-state index is -1.00. The number of methoxy groups -OCH3 is 1. The molecule has 2 N–H and O–H groups in total. The number of nitrogens with two attached hydrogens (primary N) is 1. The molecule has 0 spiro atoms. The number of ether oxygens (including phenoxy) is 1. The smallest absolute Gasteiger partial charge is 0.264 e. The average Bonchev–Trinajstić information content (AvgIpc) is 2.93. The Balaban J connectivity index is 1.78. The van der Waals surface area contributed by atoms with Crippen molar-refractivity contribution in [2.75, 3.05) is 25.6 Å². The third-order valence-corrected chi connectivity index (χ3v) is 6.62. The van der Waals surface area contributed by atoms with Gasteiger partial charge in [-0.05, 0) is 43.5 Å². The summed E-state index contributed by atoms with van der Waals surface area (Å²) in [6.45, 7) is 2.83.